The Morgan fingerprint density at radius 1 is 1.32 bits per heavy atom. The van der Waals surface area contributed by atoms with E-state index in [9.17, 15) is 4.39 Å². The van der Waals surface area contributed by atoms with Crippen LogP contribution in [0, 0.1) is 5.82 Å². The molecule has 0 bridgehead atoms. The maximum absolute atomic E-state index is 13.1. The van der Waals surface area contributed by atoms with Crippen molar-refractivity contribution in [3.63, 3.8) is 0 Å². The average molecular weight is 367 g/mol. The van der Waals surface area contributed by atoms with E-state index in [0.29, 0.717) is 16.0 Å². The third-order valence-electron chi connectivity index (χ3n) is 2.21. The number of benzene rings is 1. The summed E-state index contributed by atoms with van der Waals surface area (Å²) in [5.74, 6) is 0.156. The number of methoxy groups -OCH3 is 1. The Morgan fingerprint density at radius 3 is 2.68 bits per heavy atom. The van der Waals surface area contributed by atoms with Gasteiger partial charge in [-0.3, -0.25) is 0 Å². The first-order valence-corrected chi connectivity index (χ1v) is 6.54. The van der Waals surface area contributed by atoms with Crippen molar-refractivity contribution in [1.82, 2.24) is 9.97 Å². The molecule has 0 aliphatic carbocycles. The van der Waals surface area contributed by atoms with Crippen LogP contribution in [0.1, 0.15) is 0 Å². The summed E-state index contributed by atoms with van der Waals surface area (Å²) in [7, 11) is 1.44. The molecule has 0 unspecified atom stereocenters. The number of hydrogen-bond donors (Lipinski definition) is 1. The highest BCUT2D eigenvalue weighted by Gasteiger charge is 2.14. The van der Waals surface area contributed by atoms with E-state index in [-0.39, 0.29) is 15.9 Å². The number of anilines is 2. The van der Waals surface area contributed by atoms with Crippen LogP contribution in [0.2, 0.25) is 10.2 Å². The Hall–Kier alpha value is -1.11. The van der Waals surface area contributed by atoms with Crippen LogP contribution in [0.15, 0.2) is 22.9 Å². The third-order valence-corrected chi connectivity index (χ3v) is 3.41. The highest BCUT2D eigenvalue weighted by Crippen LogP contribution is 2.37. The lowest BCUT2D eigenvalue weighted by Crippen LogP contribution is -2.00. The zero-order valence-corrected chi connectivity index (χ0v) is 12.6. The van der Waals surface area contributed by atoms with Crippen LogP contribution in [0.4, 0.5) is 15.9 Å². The van der Waals surface area contributed by atoms with E-state index in [4.69, 9.17) is 27.9 Å². The molecule has 2 rings (SSSR count). The molecule has 0 amide bonds. The standard InChI is InChI=1S/C11H7BrCl2FN3O/c1-19-9-10(14)16-4-17-11(9)18-8-6(12)2-5(15)3-7(8)13/h2-4H,1H3,(H,16,17,18). The SMILES string of the molecule is COc1c(Cl)ncnc1Nc1c(Cl)cc(F)cc1Br. The van der Waals surface area contributed by atoms with Gasteiger partial charge in [0.05, 0.1) is 17.8 Å². The number of ether oxygens (including phenoxy) is 1. The molecular formula is C11H7BrCl2FN3O. The van der Waals surface area contributed by atoms with Crippen LogP contribution < -0.4 is 10.1 Å². The first kappa shape index (κ1) is 14.3. The van der Waals surface area contributed by atoms with Crippen LogP contribution in [0.25, 0.3) is 0 Å². The Kier molecular flexibility index (Phi) is 4.44. The molecule has 1 aromatic carbocycles. The topological polar surface area (TPSA) is 47.0 Å². The summed E-state index contributed by atoms with van der Waals surface area (Å²) in [6.07, 6.45) is 1.28. The maximum atomic E-state index is 13.1. The predicted molar refractivity (Wildman–Crippen MR) is 76.0 cm³/mol. The molecule has 0 radical (unpaired) electrons. The lowest BCUT2D eigenvalue weighted by molar-refractivity contribution is 0.413. The highest BCUT2D eigenvalue weighted by atomic mass is 79.9. The van der Waals surface area contributed by atoms with Gasteiger partial charge in [0.2, 0.25) is 0 Å². The van der Waals surface area contributed by atoms with Crippen molar-refractivity contribution in [2.45, 2.75) is 0 Å². The summed E-state index contributed by atoms with van der Waals surface area (Å²) >= 11 is 15.1. The molecule has 19 heavy (non-hydrogen) atoms. The van der Waals surface area contributed by atoms with Gasteiger partial charge in [0.1, 0.15) is 12.1 Å². The molecule has 2 aromatic rings. The van der Waals surface area contributed by atoms with Crippen LogP contribution in [0.3, 0.4) is 0 Å². The summed E-state index contributed by atoms with van der Waals surface area (Å²) in [6, 6.07) is 2.47. The van der Waals surface area contributed by atoms with Crippen molar-refractivity contribution < 1.29 is 9.13 Å². The molecule has 0 spiro atoms. The fourth-order valence-corrected chi connectivity index (χ4v) is 2.51. The van der Waals surface area contributed by atoms with Gasteiger partial charge in [-0.25, -0.2) is 14.4 Å². The molecule has 0 fully saturated rings. The van der Waals surface area contributed by atoms with E-state index in [1.54, 1.807) is 0 Å². The van der Waals surface area contributed by atoms with Gasteiger partial charge in [-0.1, -0.05) is 23.2 Å². The summed E-state index contributed by atoms with van der Waals surface area (Å²) in [4.78, 5) is 7.80. The molecule has 4 nitrogen and oxygen atoms in total. The molecule has 1 aromatic heterocycles. The second-order valence-corrected chi connectivity index (χ2v) is 5.04. The minimum atomic E-state index is -0.449. The van der Waals surface area contributed by atoms with Crippen molar-refractivity contribution >= 4 is 50.6 Å². The molecule has 1 heterocycles. The fourth-order valence-electron chi connectivity index (χ4n) is 1.40. The minimum Gasteiger partial charge on any atom is -0.490 e. The lowest BCUT2D eigenvalue weighted by Gasteiger charge is -2.13. The summed E-state index contributed by atoms with van der Waals surface area (Å²) in [6.45, 7) is 0. The largest absolute Gasteiger partial charge is 0.490 e. The van der Waals surface area contributed by atoms with Crippen LogP contribution in [-0.4, -0.2) is 17.1 Å². The molecule has 8 heteroatoms. The van der Waals surface area contributed by atoms with Crippen molar-refractivity contribution in [2.75, 3.05) is 12.4 Å². The predicted octanol–water partition coefficient (Wildman–Crippen LogP) is 4.44. The first-order chi connectivity index (χ1) is 9.02. The summed E-state index contributed by atoms with van der Waals surface area (Å²) in [5, 5.41) is 3.28. The normalized spacial score (nSPS) is 10.4. The van der Waals surface area contributed by atoms with Gasteiger partial charge in [0.15, 0.2) is 16.7 Å². The average Bonchev–Trinajstić information content (AvgIpc) is 2.34. The zero-order chi connectivity index (χ0) is 14.0. The van der Waals surface area contributed by atoms with Gasteiger partial charge < -0.3 is 10.1 Å². The molecule has 0 aliphatic rings. The van der Waals surface area contributed by atoms with Crippen LogP contribution in [0.5, 0.6) is 5.75 Å². The Balaban J connectivity index is 2.45. The highest BCUT2D eigenvalue weighted by molar-refractivity contribution is 9.10. The van der Waals surface area contributed by atoms with E-state index < -0.39 is 5.82 Å². The second kappa shape index (κ2) is 5.90. The van der Waals surface area contributed by atoms with Gasteiger partial charge in [-0.2, -0.15) is 0 Å². The molecule has 0 saturated carbocycles. The summed E-state index contributed by atoms with van der Waals surface area (Å²) in [5.41, 5.74) is 0.455. The molecule has 1 N–H and O–H groups in total. The maximum Gasteiger partial charge on any atom is 0.199 e. The number of hydrogen-bond acceptors (Lipinski definition) is 4. The number of halogens is 4. The molecule has 0 aliphatic heterocycles. The van der Waals surface area contributed by atoms with Gasteiger partial charge in [-0.15, -0.1) is 0 Å². The van der Waals surface area contributed by atoms with E-state index in [2.05, 4.69) is 31.2 Å². The minimum absolute atomic E-state index is 0.161. The second-order valence-electron chi connectivity index (χ2n) is 3.42. The molecular weight excluding hydrogens is 360 g/mol. The molecule has 100 valence electrons. The van der Waals surface area contributed by atoms with E-state index in [1.165, 1.54) is 25.6 Å². The fraction of sp³-hybridized carbons (Fsp3) is 0.0909. The van der Waals surface area contributed by atoms with Crippen LogP contribution in [-0.2, 0) is 0 Å². The van der Waals surface area contributed by atoms with Gasteiger partial charge in [0, 0.05) is 4.47 Å². The number of nitrogens with one attached hydrogen (secondary N) is 1. The lowest BCUT2D eigenvalue weighted by atomic mass is 10.3. The zero-order valence-electron chi connectivity index (χ0n) is 9.55. The van der Waals surface area contributed by atoms with Crippen LogP contribution >= 0.6 is 39.1 Å². The smallest absolute Gasteiger partial charge is 0.199 e. The van der Waals surface area contributed by atoms with Crippen molar-refractivity contribution in [3.8, 4) is 5.75 Å². The van der Waals surface area contributed by atoms with Crippen molar-refractivity contribution in [3.05, 3.63) is 38.9 Å². The molecule has 0 saturated heterocycles. The van der Waals surface area contributed by atoms with Gasteiger partial charge >= 0.3 is 0 Å². The van der Waals surface area contributed by atoms with E-state index in [0.717, 1.165) is 0 Å². The summed E-state index contributed by atoms with van der Waals surface area (Å²) < 4.78 is 18.7. The number of nitrogens with zero attached hydrogens (tertiary/aromatic N) is 2. The quantitative estimate of drug-likeness (QED) is 0.816. The molecule has 0 atom stereocenters. The van der Waals surface area contributed by atoms with Crippen molar-refractivity contribution in [1.29, 1.82) is 0 Å². The van der Waals surface area contributed by atoms with E-state index in [1.807, 2.05) is 0 Å². The first-order valence-electron chi connectivity index (χ1n) is 4.99. The van der Waals surface area contributed by atoms with E-state index >= 15 is 0 Å². The van der Waals surface area contributed by atoms with Gasteiger partial charge in [-0.05, 0) is 28.1 Å². The monoisotopic (exact) mass is 365 g/mol. The Bertz CT molecular complexity index is 604. The Labute approximate surface area is 127 Å². The third kappa shape index (κ3) is 3.08. The Morgan fingerprint density at radius 2 is 2.05 bits per heavy atom. The van der Waals surface area contributed by atoms with Gasteiger partial charge in [0.25, 0.3) is 0 Å². The van der Waals surface area contributed by atoms with Crippen molar-refractivity contribution in [2.24, 2.45) is 0 Å². The number of aromatic nitrogens is 2. The number of rotatable bonds is 3.